The fourth-order valence-electron chi connectivity index (χ4n) is 4.00. The zero-order valence-electron chi connectivity index (χ0n) is 17.8. The van der Waals surface area contributed by atoms with Gasteiger partial charge in [-0.15, -0.1) is 12.4 Å². The lowest BCUT2D eigenvalue weighted by Gasteiger charge is -2.59. The van der Waals surface area contributed by atoms with Crippen molar-refractivity contribution in [3.8, 4) is 0 Å². The summed E-state index contributed by atoms with van der Waals surface area (Å²) in [5.41, 5.74) is 4.94. The molecule has 1 aliphatic heterocycles. The molecule has 0 spiro atoms. The molecule has 1 saturated heterocycles. The van der Waals surface area contributed by atoms with Crippen molar-refractivity contribution in [2.75, 3.05) is 26.2 Å². The lowest BCUT2D eigenvalue weighted by atomic mass is 9.54. The van der Waals surface area contributed by atoms with E-state index in [1.165, 1.54) is 0 Å². The van der Waals surface area contributed by atoms with Gasteiger partial charge in [0.15, 0.2) is 0 Å². The summed E-state index contributed by atoms with van der Waals surface area (Å²) in [4.78, 5) is 27.2. The van der Waals surface area contributed by atoms with Crippen molar-refractivity contribution in [3.63, 3.8) is 0 Å². The smallest absolute Gasteiger partial charge is 0.243 e. The Labute approximate surface area is 170 Å². The predicted octanol–water partition coefficient (Wildman–Crippen LogP) is 2.34. The molecule has 158 valence electrons. The number of carbonyl (C=O) groups excluding carboxylic acids is 2. The first-order valence-corrected chi connectivity index (χ1v) is 9.91. The molecule has 7 heteroatoms. The van der Waals surface area contributed by atoms with Crippen molar-refractivity contribution >= 4 is 24.2 Å². The van der Waals surface area contributed by atoms with Gasteiger partial charge in [-0.05, 0) is 25.7 Å². The molecule has 1 saturated carbocycles. The molecule has 0 aromatic rings. The number of nitrogens with two attached hydrogens (primary N) is 1. The maximum atomic E-state index is 13.2. The zero-order valence-corrected chi connectivity index (χ0v) is 18.6. The molecule has 1 heterocycles. The van der Waals surface area contributed by atoms with Crippen molar-refractivity contribution in [1.29, 1.82) is 0 Å². The van der Waals surface area contributed by atoms with E-state index in [1.807, 2.05) is 46.4 Å². The molecule has 0 bridgehead atoms. The zero-order chi connectivity index (χ0) is 19.8. The second kappa shape index (κ2) is 8.66. The number of carbonyl (C=O) groups is 2. The summed E-state index contributed by atoms with van der Waals surface area (Å²) in [5, 5.41) is 3.03. The predicted molar refractivity (Wildman–Crippen MR) is 110 cm³/mol. The van der Waals surface area contributed by atoms with Gasteiger partial charge in [0.1, 0.15) is 5.54 Å². The molecule has 0 aromatic heterocycles. The third-order valence-electron chi connectivity index (χ3n) is 6.25. The maximum absolute atomic E-state index is 13.2. The van der Waals surface area contributed by atoms with Crippen LogP contribution in [0.3, 0.4) is 0 Å². The Morgan fingerprint density at radius 1 is 1.30 bits per heavy atom. The fourth-order valence-corrected chi connectivity index (χ4v) is 4.00. The van der Waals surface area contributed by atoms with E-state index in [9.17, 15) is 9.59 Å². The minimum absolute atomic E-state index is 0. The topological polar surface area (TPSA) is 84.7 Å². The van der Waals surface area contributed by atoms with E-state index in [0.717, 1.165) is 19.4 Å². The number of amides is 2. The van der Waals surface area contributed by atoms with E-state index < -0.39 is 11.0 Å². The number of likely N-dealkylation sites (tertiary alicyclic amines) is 1. The Morgan fingerprint density at radius 3 is 2.44 bits per heavy atom. The molecular weight excluding hydrogens is 366 g/mol. The standard InChI is InChI=1S/C20H37N3O3.ClH/c1-7-26-15-11-20(21,19(15,5)6)17(25)23-10-8-9-14(13-23)12-22-16(24)18(2,3)4;/h14-15H,7-13,21H2,1-6H3,(H,22,24);1H. The van der Waals surface area contributed by atoms with Gasteiger partial charge in [0.05, 0.1) is 6.10 Å². The lowest BCUT2D eigenvalue weighted by molar-refractivity contribution is -0.180. The summed E-state index contributed by atoms with van der Waals surface area (Å²) in [7, 11) is 0. The number of hydrogen-bond donors (Lipinski definition) is 2. The molecule has 2 amide bonds. The molecule has 0 radical (unpaired) electrons. The van der Waals surface area contributed by atoms with Crippen molar-refractivity contribution < 1.29 is 14.3 Å². The summed E-state index contributed by atoms with van der Waals surface area (Å²) < 4.78 is 5.75. The first-order valence-electron chi connectivity index (χ1n) is 9.91. The number of rotatable bonds is 5. The van der Waals surface area contributed by atoms with Gasteiger partial charge < -0.3 is 20.7 Å². The summed E-state index contributed by atoms with van der Waals surface area (Å²) >= 11 is 0. The number of halogens is 1. The average molecular weight is 404 g/mol. The Morgan fingerprint density at radius 2 is 1.93 bits per heavy atom. The van der Waals surface area contributed by atoms with Crippen LogP contribution in [0.25, 0.3) is 0 Å². The normalized spacial score (nSPS) is 30.1. The number of ether oxygens (including phenoxy) is 1. The van der Waals surface area contributed by atoms with Gasteiger partial charge in [0, 0.05) is 43.5 Å². The van der Waals surface area contributed by atoms with Crippen molar-refractivity contribution in [2.45, 2.75) is 72.4 Å². The monoisotopic (exact) mass is 403 g/mol. The molecule has 1 aliphatic carbocycles. The van der Waals surface area contributed by atoms with Crippen molar-refractivity contribution in [1.82, 2.24) is 10.2 Å². The van der Waals surface area contributed by atoms with Gasteiger partial charge in [0.2, 0.25) is 11.8 Å². The largest absolute Gasteiger partial charge is 0.378 e. The van der Waals surface area contributed by atoms with Crippen LogP contribution in [0, 0.1) is 16.7 Å². The highest BCUT2D eigenvalue weighted by Gasteiger charge is 2.63. The summed E-state index contributed by atoms with van der Waals surface area (Å²) in [6.07, 6.45) is 2.59. The molecule has 2 rings (SSSR count). The van der Waals surface area contributed by atoms with Gasteiger partial charge in [-0.25, -0.2) is 0 Å². The van der Waals surface area contributed by atoms with Crippen LogP contribution in [-0.2, 0) is 14.3 Å². The Bertz CT molecular complexity index is 547. The van der Waals surface area contributed by atoms with E-state index in [-0.39, 0.29) is 41.7 Å². The minimum Gasteiger partial charge on any atom is -0.378 e. The highest BCUT2D eigenvalue weighted by molar-refractivity contribution is 5.89. The Hall–Kier alpha value is -0.850. The summed E-state index contributed by atoms with van der Waals surface area (Å²) in [6, 6.07) is 0. The number of piperidine rings is 1. The van der Waals surface area contributed by atoms with Crippen LogP contribution in [0.5, 0.6) is 0 Å². The third kappa shape index (κ3) is 4.77. The summed E-state index contributed by atoms with van der Waals surface area (Å²) in [5.74, 6) is 0.370. The molecule has 3 atom stereocenters. The minimum atomic E-state index is -0.858. The average Bonchev–Trinajstić information content (AvgIpc) is 2.58. The van der Waals surface area contributed by atoms with Crippen LogP contribution in [0.1, 0.15) is 60.8 Å². The maximum Gasteiger partial charge on any atom is 0.243 e. The van der Waals surface area contributed by atoms with Crippen molar-refractivity contribution in [3.05, 3.63) is 0 Å². The molecule has 0 aromatic carbocycles. The SMILES string of the molecule is CCOC1CC(N)(C(=O)N2CCCC(CNC(=O)C(C)(C)C)C2)C1(C)C.Cl. The molecule has 6 nitrogen and oxygen atoms in total. The first-order chi connectivity index (χ1) is 11.9. The van der Waals surface area contributed by atoms with Gasteiger partial charge >= 0.3 is 0 Å². The number of nitrogens with zero attached hydrogens (tertiary/aromatic N) is 1. The number of hydrogen-bond acceptors (Lipinski definition) is 4. The Balaban J connectivity index is 0.00000364. The van der Waals surface area contributed by atoms with Crippen molar-refractivity contribution in [2.24, 2.45) is 22.5 Å². The van der Waals surface area contributed by atoms with Crippen LogP contribution in [0.4, 0.5) is 0 Å². The quantitative estimate of drug-likeness (QED) is 0.737. The van der Waals surface area contributed by atoms with Gasteiger partial charge in [-0.3, -0.25) is 9.59 Å². The number of nitrogens with one attached hydrogen (secondary N) is 1. The first kappa shape index (κ1) is 24.2. The van der Waals surface area contributed by atoms with Crippen LogP contribution in [0.15, 0.2) is 0 Å². The molecule has 3 unspecified atom stereocenters. The Kier molecular flexibility index (Phi) is 7.76. The molecular formula is C20H38ClN3O3. The van der Waals surface area contributed by atoms with E-state index in [0.29, 0.717) is 26.1 Å². The molecule has 2 aliphatic rings. The highest BCUT2D eigenvalue weighted by Crippen LogP contribution is 2.50. The van der Waals surface area contributed by atoms with E-state index in [2.05, 4.69) is 5.32 Å². The highest BCUT2D eigenvalue weighted by atomic mass is 35.5. The van der Waals surface area contributed by atoms with Crippen LogP contribution in [-0.4, -0.2) is 54.6 Å². The van der Waals surface area contributed by atoms with Crippen LogP contribution in [0.2, 0.25) is 0 Å². The summed E-state index contributed by atoms with van der Waals surface area (Å²) in [6.45, 7) is 14.4. The molecule has 27 heavy (non-hydrogen) atoms. The van der Waals surface area contributed by atoms with Crippen LogP contribution < -0.4 is 11.1 Å². The van der Waals surface area contributed by atoms with Crippen LogP contribution >= 0.6 is 12.4 Å². The molecule has 3 N–H and O–H groups in total. The second-order valence-corrected chi connectivity index (χ2v) is 9.56. The second-order valence-electron chi connectivity index (χ2n) is 9.56. The third-order valence-corrected chi connectivity index (χ3v) is 6.25. The van der Waals surface area contributed by atoms with E-state index >= 15 is 0 Å². The van der Waals surface area contributed by atoms with Gasteiger partial charge in [-0.1, -0.05) is 34.6 Å². The lowest BCUT2D eigenvalue weighted by Crippen LogP contribution is -2.76. The van der Waals surface area contributed by atoms with Gasteiger partial charge in [0.25, 0.3) is 0 Å². The van der Waals surface area contributed by atoms with Gasteiger partial charge in [-0.2, -0.15) is 0 Å². The van der Waals surface area contributed by atoms with E-state index in [4.69, 9.17) is 10.5 Å². The molecule has 2 fully saturated rings. The fraction of sp³-hybridized carbons (Fsp3) is 0.900. The van der Waals surface area contributed by atoms with E-state index in [1.54, 1.807) is 0 Å².